The Morgan fingerprint density at radius 1 is 0.276 bits per heavy atom. The molecule has 0 aromatic heterocycles. The van der Waals surface area contributed by atoms with Crippen molar-refractivity contribution in [3.63, 3.8) is 0 Å². The van der Waals surface area contributed by atoms with Gasteiger partial charge in [0, 0.05) is 19.3 Å². The molecule has 0 N–H and O–H groups in total. The highest BCUT2D eigenvalue weighted by atomic mass is 16.6. The summed E-state index contributed by atoms with van der Waals surface area (Å²) in [6.45, 7) is 6.44. The van der Waals surface area contributed by atoms with Gasteiger partial charge in [-0.25, -0.2) is 0 Å². The minimum atomic E-state index is -0.823. The SMILES string of the molecule is CC/C=C\C/C=C\C/C=C\C/C=C\C/C=C\C/C=C\CCC(=O)OC(COC(=O)CCCCCCC/C=C\CCCCC)COC(=O)CCCCCCCCCCCCCCCCC/C=C\C/C=C\CCCCCCC. The Kier molecular flexibility index (Phi) is 60.3. The zero-order chi connectivity index (χ0) is 55.0. The highest BCUT2D eigenvalue weighted by Gasteiger charge is 2.19. The Hall–Kier alpha value is -3.93. The lowest BCUT2D eigenvalue weighted by molar-refractivity contribution is -0.166. The monoisotopic (exact) mass is 1050 g/mol. The number of ether oxygens (including phenoxy) is 3. The molecular formula is C70H118O6. The average molecular weight is 1060 g/mol. The molecule has 0 radical (unpaired) electrons. The van der Waals surface area contributed by atoms with Crippen LogP contribution in [0, 0.1) is 0 Å². The lowest BCUT2D eigenvalue weighted by Gasteiger charge is -2.18. The standard InChI is InChI=1S/C70H118O6/c1-4-7-10-13-16-19-22-25-27-29-31-32-33-34-35-36-37-38-40-41-43-45-48-51-54-57-60-63-69(72)75-66-67(65-74-68(71)62-59-56-53-50-47-24-21-18-15-12-9-6-3)76-70(73)64-61-58-55-52-49-46-44-42-39-30-28-26-23-20-17-14-11-8-5-2/h8,11,17-18,20-22,25-26,28-29,31,39,42,46,49,55,58,67H,4-7,9-10,12-16,19,23-24,27,30,32-38,40-41,43-45,47-48,50-54,56-57,59-66H2,1-3H3/b11-8-,20-17-,21-18-,25-22-,28-26-,31-29-,42-39-,49-46-,58-55-. The van der Waals surface area contributed by atoms with Crippen LogP contribution >= 0.6 is 0 Å². The average Bonchev–Trinajstić information content (AvgIpc) is 3.42. The van der Waals surface area contributed by atoms with Crippen molar-refractivity contribution in [1.29, 1.82) is 0 Å². The van der Waals surface area contributed by atoms with E-state index in [0.29, 0.717) is 19.3 Å². The van der Waals surface area contributed by atoms with Crippen LogP contribution in [0.2, 0.25) is 0 Å². The molecule has 76 heavy (non-hydrogen) atoms. The van der Waals surface area contributed by atoms with E-state index in [9.17, 15) is 14.4 Å². The fourth-order valence-electron chi connectivity index (χ4n) is 8.73. The molecule has 1 unspecified atom stereocenters. The van der Waals surface area contributed by atoms with Gasteiger partial charge in [-0.05, 0) is 116 Å². The fraction of sp³-hybridized carbons (Fsp3) is 0.700. The Labute approximate surface area is 470 Å². The second-order valence-corrected chi connectivity index (χ2v) is 20.9. The molecule has 0 aliphatic heterocycles. The third-order valence-corrected chi connectivity index (χ3v) is 13.5. The normalized spacial score (nSPS) is 12.8. The Bertz CT molecular complexity index is 1540. The molecule has 1 atom stereocenters. The summed E-state index contributed by atoms with van der Waals surface area (Å²) in [7, 11) is 0. The molecule has 0 aromatic rings. The summed E-state index contributed by atoms with van der Waals surface area (Å²) in [6, 6.07) is 0. The maximum absolute atomic E-state index is 12.8. The summed E-state index contributed by atoms with van der Waals surface area (Å²) < 4.78 is 16.8. The van der Waals surface area contributed by atoms with E-state index >= 15 is 0 Å². The first kappa shape index (κ1) is 72.1. The minimum absolute atomic E-state index is 0.111. The molecule has 0 heterocycles. The number of carbonyl (C=O) groups is 3. The van der Waals surface area contributed by atoms with Crippen molar-refractivity contribution in [1.82, 2.24) is 0 Å². The molecule has 0 aliphatic carbocycles. The van der Waals surface area contributed by atoms with E-state index < -0.39 is 12.1 Å². The Morgan fingerprint density at radius 2 is 0.539 bits per heavy atom. The largest absolute Gasteiger partial charge is 0.462 e. The lowest BCUT2D eigenvalue weighted by atomic mass is 10.0. The fourth-order valence-corrected chi connectivity index (χ4v) is 8.73. The summed E-state index contributed by atoms with van der Waals surface area (Å²) in [6.07, 6.45) is 86.9. The van der Waals surface area contributed by atoms with Gasteiger partial charge in [0.05, 0.1) is 0 Å². The van der Waals surface area contributed by atoms with Gasteiger partial charge in [-0.2, -0.15) is 0 Å². The predicted molar refractivity (Wildman–Crippen MR) is 330 cm³/mol. The topological polar surface area (TPSA) is 78.9 Å². The van der Waals surface area contributed by atoms with Gasteiger partial charge < -0.3 is 14.2 Å². The molecule has 6 nitrogen and oxygen atoms in total. The molecule has 0 aliphatic rings. The first-order valence-corrected chi connectivity index (χ1v) is 31.9. The first-order valence-electron chi connectivity index (χ1n) is 31.9. The van der Waals surface area contributed by atoms with Crippen LogP contribution in [0.25, 0.3) is 0 Å². The third-order valence-electron chi connectivity index (χ3n) is 13.5. The van der Waals surface area contributed by atoms with E-state index in [1.54, 1.807) is 0 Å². The molecule has 0 fully saturated rings. The molecular weight excluding hydrogens is 937 g/mol. The number of carbonyl (C=O) groups excluding carboxylic acids is 3. The van der Waals surface area contributed by atoms with Gasteiger partial charge in [0.2, 0.25) is 0 Å². The highest BCUT2D eigenvalue weighted by Crippen LogP contribution is 2.16. The van der Waals surface area contributed by atoms with Crippen LogP contribution in [0.4, 0.5) is 0 Å². The van der Waals surface area contributed by atoms with E-state index in [1.807, 2.05) is 6.08 Å². The molecule has 0 saturated carbocycles. The van der Waals surface area contributed by atoms with Crippen LogP contribution < -0.4 is 0 Å². The van der Waals surface area contributed by atoms with Gasteiger partial charge >= 0.3 is 17.9 Å². The first-order chi connectivity index (χ1) is 37.5. The summed E-state index contributed by atoms with van der Waals surface area (Å²) in [5.74, 6) is -1.00. The van der Waals surface area contributed by atoms with Crippen LogP contribution in [0.15, 0.2) is 109 Å². The summed E-state index contributed by atoms with van der Waals surface area (Å²) >= 11 is 0. The number of unbranched alkanes of at least 4 members (excludes halogenated alkanes) is 28. The van der Waals surface area contributed by atoms with E-state index in [0.717, 1.165) is 96.3 Å². The van der Waals surface area contributed by atoms with Crippen LogP contribution in [0.5, 0.6) is 0 Å². The van der Waals surface area contributed by atoms with Gasteiger partial charge in [0.25, 0.3) is 0 Å². The van der Waals surface area contributed by atoms with Crippen molar-refractivity contribution in [2.24, 2.45) is 0 Å². The van der Waals surface area contributed by atoms with E-state index in [2.05, 4.69) is 124 Å². The van der Waals surface area contributed by atoms with Crippen LogP contribution in [-0.4, -0.2) is 37.2 Å². The van der Waals surface area contributed by atoms with Crippen molar-refractivity contribution in [3.8, 4) is 0 Å². The number of esters is 3. The number of hydrogen-bond donors (Lipinski definition) is 0. The molecule has 6 heteroatoms. The molecule has 0 amide bonds. The summed E-state index contributed by atoms with van der Waals surface area (Å²) in [5.41, 5.74) is 0. The minimum Gasteiger partial charge on any atom is -0.462 e. The number of rotatable bonds is 57. The van der Waals surface area contributed by atoms with Crippen molar-refractivity contribution >= 4 is 17.9 Å². The lowest BCUT2D eigenvalue weighted by Crippen LogP contribution is -2.30. The quantitative estimate of drug-likeness (QED) is 0.0261. The van der Waals surface area contributed by atoms with Crippen molar-refractivity contribution in [2.45, 2.75) is 303 Å². The Balaban J connectivity index is 4.35. The van der Waals surface area contributed by atoms with Crippen LogP contribution in [0.3, 0.4) is 0 Å². The highest BCUT2D eigenvalue weighted by molar-refractivity contribution is 5.71. The third kappa shape index (κ3) is 60.9. The molecule has 0 aromatic carbocycles. The molecule has 0 saturated heterocycles. The molecule has 0 spiro atoms. The van der Waals surface area contributed by atoms with Gasteiger partial charge in [-0.15, -0.1) is 0 Å². The van der Waals surface area contributed by atoms with Gasteiger partial charge in [-0.3, -0.25) is 14.4 Å². The van der Waals surface area contributed by atoms with Crippen molar-refractivity contribution < 1.29 is 28.6 Å². The second kappa shape index (κ2) is 63.6. The maximum atomic E-state index is 12.8. The van der Waals surface area contributed by atoms with Crippen molar-refractivity contribution in [2.75, 3.05) is 13.2 Å². The van der Waals surface area contributed by atoms with E-state index in [1.165, 1.54) is 154 Å². The molecule has 0 bridgehead atoms. The van der Waals surface area contributed by atoms with Gasteiger partial charge in [0.1, 0.15) is 13.2 Å². The maximum Gasteiger partial charge on any atom is 0.306 e. The van der Waals surface area contributed by atoms with Gasteiger partial charge in [-0.1, -0.05) is 271 Å². The van der Waals surface area contributed by atoms with E-state index in [-0.39, 0.29) is 31.6 Å². The smallest absolute Gasteiger partial charge is 0.306 e. The predicted octanol–water partition coefficient (Wildman–Crippen LogP) is 21.8. The van der Waals surface area contributed by atoms with Crippen LogP contribution in [-0.2, 0) is 28.6 Å². The van der Waals surface area contributed by atoms with E-state index in [4.69, 9.17) is 14.2 Å². The number of allylic oxidation sites excluding steroid dienone is 18. The second-order valence-electron chi connectivity index (χ2n) is 20.9. The Morgan fingerprint density at radius 3 is 0.895 bits per heavy atom. The zero-order valence-corrected chi connectivity index (χ0v) is 49.7. The summed E-state index contributed by atoms with van der Waals surface area (Å²) in [4.78, 5) is 38.2. The molecule has 0 rings (SSSR count). The van der Waals surface area contributed by atoms with Gasteiger partial charge in [0.15, 0.2) is 6.10 Å². The summed E-state index contributed by atoms with van der Waals surface area (Å²) in [5, 5.41) is 0. The van der Waals surface area contributed by atoms with Crippen molar-refractivity contribution in [3.05, 3.63) is 109 Å². The van der Waals surface area contributed by atoms with Crippen LogP contribution in [0.1, 0.15) is 297 Å². The number of hydrogen-bond acceptors (Lipinski definition) is 6. The zero-order valence-electron chi connectivity index (χ0n) is 49.7. The molecule has 434 valence electrons.